The van der Waals surface area contributed by atoms with Crippen molar-refractivity contribution in [2.45, 2.75) is 46.5 Å². The molecule has 0 radical (unpaired) electrons. The third kappa shape index (κ3) is 3.66. The van der Waals surface area contributed by atoms with E-state index in [1.165, 1.54) is 53.5 Å². The summed E-state index contributed by atoms with van der Waals surface area (Å²) in [5.41, 5.74) is 6.55. The third-order valence-corrected chi connectivity index (χ3v) is 4.29. The molecule has 0 N–H and O–H groups in total. The van der Waals surface area contributed by atoms with Gasteiger partial charge in [-0.3, -0.25) is 0 Å². The molecule has 0 fully saturated rings. The van der Waals surface area contributed by atoms with Crippen LogP contribution in [0.25, 0.3) is 11.1 Å². The molecule has 0 saturated carbocycles. The summed E-state index contributed by atoms with van der Waals surface area (Å²) in [5.74, 6) is 0.965. The summed E-state index contributed by atoms with van der Waals surface area (Å²) >= 11 is 0. The molecule has 1 heteroatoms. The Kier molecular flexibility index (Phi) is 5.44. The van der Waals surface area contributed by atoms with Crippen molar-refractivity contribution in [2.24, 2.45) is 0 Å². The van der Waals surface area contributed by atoms with Gasteiger partial charge in [0.2, 0.25) is 0 Å². The van der Waals surface area contributed by atoms with Gasteiger partial charge in [0.1, 0.15) is 5.75 Å². The monoisotopic (exact) mass is 282 g/mol. The van der Waals surface area contributed by atoms with Gasteiger partial charge < -0.3 is 4.74 Å². The van der Waals surface area contributed by atoms with Crippen LogP contribution in [0.4, 0.5) is 0 Å². The summed E-state index contributed by atoms with van der Waals surface area (Å²) in [6, 6.07) is 13.2. The maximum Gasteiger partial charge on any atom is 0.122 e. The average molecular weight is 282 g/mol. The second kappa shape index (κ2) is 7.31. The van der Waals surface area contributed by atoms with Crippen LogP contribution in [0.1, 0.15) is 42.9 Å². The van der Waals surface area contributed by atoms with Crippen molar-refractivity contribution in [1.29, 1.82) is 0 Å². The van der Waals surface area contributed by atoms with Crippen LogP contribution in [0, 0.1) is 13.8 Å². The maximum absolute atomic E-state index is 5.39. The van der Waals surface area contributed by atoms with Crippen LogP contribution < -0.4 is 4.74 Å². The molecule has 0 aliphatic rings. The van der Waals surface area contributed by atoms with E-state index in [1.807, 2.05) is 0 Å². The Morgan fingerprint density at radius 2 is 1.57 bits per heavy atom. The highest BCUT2D eigenvalue weighted by molar-refractivity contribution is 5.70. The van der Waals surface area contributed by atoms with E-state index in [9.17, 15) is 0 Å². The molecule has 112 valence electrons. The number of rotatable bonds is 6. The molecule has 0 spiro atoms. The van der Waals surface area contributed by atoms with Crippen LogP contribution in [0.5, 0.6) is 5.75 Å². The lowest BCUT2D eigenvalue weighted by Crippen LogP contribution is -1.93. The van der Waals surface area contributed by atoms with Gasteiger partial charge >= 0.3 is 0 Å². The first-order valence-corrected chi connectivity index (χ1v) is 7.91. The zero-order valence-electron chi connectivity index (χ0n) is 13.7. The van der Waals surface area contributed by atoms with Gasteiger partial charge in [0.05, 0.1) is 7.11 Å². The third-order valence-electron chi connectivity index (χ3n) is 4.29. The minimum absolute atomic E-state index is 0.965. The highest BCUT2D eigenvalue weighted by Gasteiger charge is 2.08. The molecule has 0 saturated heterocycles. The predicted molar refractivity (Wildman–Crippen MR) is 91.1 cm³/mol. The van der Waals surface area contributed by atoms with Gasteiger partial charge in [-0.05, 0) is 60.6 Å². The number of benzene rings is 2. The predicted octanol–water partition coefficient (Wildman–Crippen LogP) is 5.71. The normalized spacial score (nSPS) is 10.7. The molecule has 0 aromatic heterocycles. The highest BCUT2D eigenvalue weighted by Crippen LogP contribution is 2.31. The van der Waals surface area contributed by atoms with Crippen molar-refractivity contribution in [3.8, 4) is 16.9 Å². The number of aryl methyl sites for hydroxylation is 1. The number of methoxy groups -OCH3 is 1. The molecule has 0 aliphatic heterocycles. The van der Waals surface area contributed by atoms with Crippen LogP contribution in [-0.4, -0.2) is 7.11 Å². The molecule has 0 bridgehead atoms. The molecule has 0 heterocycles. The van der Waals surface area contributed by atoms with Gasteiger partial charge in [0, 0.05) is 0 Å². The largest absolute Gasteiger partial charge is 0.496 e. The quantitative estimate of drug-likeness (QED) is 0.616. The van der Waals surface area contributed by atoms with Gasteiger partial charge in [-0.1, -0.05) is 50.1 Å². The first-order valence-electron chi connectivity index (χ1n) is 7.91. The molecule has 21 heavy (non-hydrogen) atoms. The van der Waals surface area contributed by atoms with Gasteiger partial charge in [-0.15, -0.1) is 0 Å². The van der Waals surface area contributed by atoms with Gasteiger partial charge in [0.25, 0.3) is 0 Å². The molecule has 2 rings (SSSR count). The summed E-state index contributed by atoms with van der Waals surface area (Å²) in [6.45, 7) is 6.54. The van der Waals surface area contributed by atoms with E-state index in [0.29, 0.717) is 0 Å². The zero-order chi connectivity index (χ0) is 15.2. The lowest BCUT2D eigenvalue weighted by molar-refractivity contribution is 0.411. The second-order valence-electron chi connectivity index (χ2n) is 5.72. The smallest absolute Gasteiger partial charge is 0.122 e. The van der Waals surface area contributed by atoms with Crippen LogP contribution in [0.15, 0.2) is 36.4 Å². The van der Waals surface area contributed by atoms with Crippen molar-refractivity contribution in [3.05, 3.63) is 53.1 Å². The molecule has 0 atom stereocenters. The van der Waals surface area contributed by atoms with E-state index in [2.05, 4.69) is 57.2 Å². The summed E-state index contributed by atoms with van der Waals surface area (Å²) < 4.78 is 5.39. The van der Waals surface area contributed by atoms with Gasteiger partial charge in [0.15, 0.2) is 0 Å². The molecule has 0 unspecified atom stereocenters. The summed E-state index contributed by atoms with van der Waals surface area (Å²) in [4.78, 5) is 0. The van der Waals surface area contributed by atoms with Gasteiger partial charge in [-0.2, -0.15) is 0 Å². The van der Waals surface area contributed by atoms with E-state index in [1.54, 1.807) is 7.11 Å². The van der Waals surface area contributed by atoms with Crippen LogP contribution >= 0.6 is 0 Å². The van der Waals surface area contributed by atoms with E-state index in [-0.39, 0.29) is 0 Å². The minimum atomic E-state index is 0.965. The van der Waals surface area contributed by atoms with Crippen LogP contribution in [0.2, 0.25) is 0 Å². The Morgan fingerprint density at radius 1 is 0.857 bits per heavy atom. The maximum atomic E-state index is 5.39. The summed E-state index contributed by atoms with van der Waals surface area (Å²) in [5, 5.41) is 0. The molecule has 2 aromatic carbocycles. The fourth-order valence-electron chi connectivity index (χ4n) is 2.76. The average Bonchev–Trinajstić information content (AvgIpc) is 2.51. The fraction of sp³-hybridized carbons (Fsp3) is 0.400. The standard InChI is InChI=1S/C20H26O/c1-5-6-7-8-17-9-11-18(12-10-17)19-13-14-20(21-4)16(3)15(19)2/h9-14H,5-8H2,1-4H3. The Bertz CT molecular complexity index is 582. The molecule has 1 nitrogen and oxygen atoms in total. The van der Waals surface area contributed by atoms with Crippen molar-refractivity contribution >= 4 is 0 Å². The van der Waals surface area contributed by atoms with Crippen molar-refractivity contribution < 1.29 is 4.74 Å². The van der Waals surface area contributed by atoms with Crippen LogP contribution in [0.3, 0.4) is 0 Å². The molecule has 0 aliphatic carbocycles. The number of hydrogen-bond donors (Lipinski definition) is 0. The summed E-state index contributed by atoms with van der Waals surface area (Å²) in [7, 11) is 1.73. The minimum Gasteiger partial charge on any atom is -0.496 e. The van der Waals surface area contributed by atoms with Gasteiger partial charge in [-0.25, -0.2) is 0 Å². The molecule has 0 amide bonds. The topological polar surface area (TPSA) is 9.23 Å². The molecule has 2 aromatic rings. The lowest BCUT2D eigenvalue weighted by Gasteiger charge is -2.13. The van der Waals surface area contributed by atoms with Crippen molar-refractivity contribution in [1.82, 2.24) is 0 Å². The second-order valence-corrected chi connectivity index (χ2v) is 5.72. The fourth-order valence-corrected chi connectivity index (χ4v) is 2.76. The van der Waals surface area contributed by atoms with E-state index in [0.717, 1.165) is 5.75 Å². The van der Waals surface area contributed by atoms with Crippen molar-refractivity contribution in [3.63, 3.8) is 0 Å². The molecular formula is C20H26O. The first kappa shape index (κ1) is 15.6. The van der Waals surface area contributed by atoms with E-state index < -0.39 is 0 Å². The number of hydrogen-bond acceptors (Lipinski definition) is 1. The van der Waals surface area contributed by atoms with Crippen molar-refractivity contribution in [2.75, 3.05) is 7.11 Å². The lowest BCUT2D eigenvalue weighted by atomic mass is 9.95. The Balaban J connectivity index is 2.21. The first-order chi connectivity index (χ1) is 10.2. The number of unbranched alkanes of at least 4 members (excludes halogenated alkanes) is 2. The Hall–Kier alpha value is -1.76. The van der Waals surface area contributed by atoms with E-state index >= 15 is 0 Å². The van der Waals surface area contributed by atoms with E-state index in [4.69, 9.17) is 4.74 Å². The zero-order valence-corrected chi connectivity index (χ0v) is 13.7. The molecular weight excluding hydrogens is 256 g/mol. The summed E-state index contributed by atoms with van der Waals surface area (Å²) in [6.07, 6.45) is 5.08. The van der Waals surface area contributed by atoms with Crippen LogP contribution in [-0.2, 0) is 6.42 Å². The Morgan fingerprint density at radius 3 is 2.19 bits per heavy atom. The highest BCUT2D eigenvalue weighted by atomic mass is 16.5. The Labute approximate surface area is 129 Å². The SMILES string of the molecule is CCCCCc1ccc(-c2ccc(OC)c(C)c2C)cc1. The number of ether oxygens (including phenoxy) is 1.